The Labute approximate surface area is 367 Å². The number of hydrogen-bond acceptors (Lipinski definition) is 4. The zero-order valence-electron chi connectivity index (χ0n) is 34.3. The Bertz CT molecular complexity index is 2520. The number of carboxylic acid groups (broad SMARTS) is 2. The SMILES string of the molecule is O=C(O)[C@@H]1CC(Cc2ccccc2)C(c2ccccc2)N1C(=O)c1ccc(-c2ccccc2)cc1.O=C(O)[C@@H]1CC[C@H](c2ccccc2Cl)N1C(=O)C1CCc2ccccc2C1. The Morgan fingerprint density at radius 3 is 1.82 bits per heavy atom. The fourth-order valence-electron chi connectivity index (χ4n) is 9.75. The van der Waals surface area contributed by atoms with Crippen LogP contribution in [-0.2, 0) is 33.6 Å². The number of aryl methyl sites for hydroxylation is 1. The molecule has 3 aliphatic rings. The number of carboxylic acids is 2. The first kappa shape index (κ1) is 42.2. The Morgan fingerprint density at radius 1 is 0.581 bits per heavy atom. The number of benzene rings is 6. The molecular weight excluding hydrogens is 796 g/mol. The molecule has 0 aromatic heterocycles. The van der Waals surface area contributed by atoms with Gasteiger partial charge in [0.2, 0.25) is 5.91 Å². The van der Waals surface area contributed by atoms with E-state index >= 15 is 0 Å². The van der Waals surface area contributed by atoms with Gasteiger partial charge in [-0.25, -0.2) is 9.59 Å². The number of likely N-dealkylation sites (tertiary alicyclic amines) is 2. The van der Waals surface area contributed by atoms with E-state index in [4.69, 9.17) is 11.6 Å². The molecule has 2 fully saturated rings. The zero-order chi connectivity index (χ0) is 43.2. The lowest BCUT2D eigenvalue weighted by Gasteiger charge is -2.34. The van der Waals surface area contributed by atoms with Crippen molar-refractivity contribution in [2.75, 3.05) is 0 Å². The van der Waals surface area contributed by atoms with E-state index in [1.165, 1.54) is 11.1 Å². The van der Waals surface area contributed by atoms with Gasteiger partial charge < -0.3 is 20.0 Å². The van der Waals surface area contributed by atoms with E-state index < -0.39 is 24.0 Å². The fourth-order valence-corrected chi connectivity index (χ4v) is 10.0. The van der Waals surface area contributed by atoms with Crippen molar-refractivity contribution in [2.24, 2.45) is 11.8 Å². The number of carbonyl (C=O) groups excluding carboxylic acids is 2. The molecule has 8 nitrogen and oxygen atoms in total. The maximum atomic E-state index is 13.9. The normalized spacial score (nSPS) is 21.6. The highest BCUT2D eigenvalue weighted by Gasteiger charge is 2.48. The van der Waals surface area contributed by atoms with Crippen LogP contribution in [0.2, 0.25) is 5.02 Å². The predicted molar refractivity (Wildman–Crippen MR) is 241 cm³/mol. The van der Waals surface area contributed by atoms with Crippen molar-refractivity contribution in [3.05, 3.63) is 202 Å². The number of carbonyl (C=O) groups is 4. The van der Waals surface area contributed by atoms with Crippen molar-refractivity contribution >= 4 is 35.4 Å². The average molecular weight is 845 g/mol. The largest absolute Gasteiger partial charge is 0.480 e. The van der Waals surface area contributed by atoms with Crippen molar-refractivity contribution in [1.29, 1.82) is 0 Å². The second kappa shape index (κ2) is 19.0. The van der Waals surface area contributed by atoms with Gasteiger partial charge in [0.25, 0.3) is 5.91 Å². The zero-order valence-corrected chi connectivity index (χ0v) is 35.1. The molecule has 9 rings (SSSR count). The Balaban J connectivity index is 0.000000176. The number of amides is 2. The number of aliphatic carboxylic acids is 2. The second-order valence-corrected chi connectivity index (χ2v) is 16.9. The van der Waals surface area contributed by atoms with Gasteiger partial charge in [-0.1, -0.05) is 157 Å². The summed E-state index contributed by atoms with van der Waals surface area (Å²) in [6.07, 6.45) is 4.49. The van der Waals surface area contributed by atoms with Gasteiger partial charge in [-0.3, -0.25) is 9.59 Å². The molecule has 0 radical (unpaired) electrons. The van der Waals surface area contributed by atoms with Crippen molar-refractivity contribution in [2.45, 2.75) is 69.1 Å². The maximum Gasteiger partial charge on any atom is 0.326 e. The molecule has 2 amide bonds. The van der Waals surface area contributed by atoms with Crippen LogP contribution in [0.25, 0.3) is 11.1 Å². The fraction of sp³-hybridized carbons (Fsp3) is 0.245. The quantitative estimate of drug-likeness (QED) is 0.150. The van der Waals surface area contributed by atoms with Gasteiger partial charge in [0.1, 0.15) is 12.1 Å². The number of halogens is 1. The molecule has 6 aromatic rings. The minimum absolute atomic E-state index is 0.00607. The molecule has 62 heavy (non-hydrogen) atoms. The van der Waals surface area contributed by atoms with E-state index in [0.29, 0.717) is 42.7 Å². The van der Waals surface area contributed by atoms with Gasteiger partial charge in [-0.15, -0.1) is 0 Å². The standard InChI is InChI=1S/C31H27NO3.C22H22ClNO3/c33-30(26-18-16-24(17-19-26)23-12-6-2-7-13-23)32-28(31(34)35)21-27(20-22-10-4-1-5-11-22)29(32)25-14-8-3-9-15-25;23-18-8-4-3-7-17(18)19-11-12-20(22(26)27)24(19)21(25)16-10-9-14-5-1-2-6-15(14)13-16/h1-19,27-29H,20-21H2,(H,34,35);1-8,16,19-20H,9-13H2,(H,26,27)/t27?,28-,29?;16?,19-,20+/m01/s1. The first-order valence-corrected chi connectivity index (χ1v) is 21.7. The third-order valence-electron chi connectivity index (χ3n) is 12.7. The summed E-state index contributed by atoms with van der Waals surface area (Å²) >= 11 is 6.37. The first-order chi connectivity index (χ1) is 30.2. The van der Waals surface area contributed by atoms with Crippen molar-refractivity contribution < 1.29 is 29.4 Å². The number of hydrogen-bond donors (Lipinski definition) is 2. The van der Waals surface area contributed by atoms with Crippen LogP contribution in [-0.4, -0.2) is 55.8 Å². The molecule has 1 aliphatic carbocycles. The summed E-state index contributed by atoms with van der Waals surface area (Å²) in [5.74, 6) is -2.39. The van der Waals surface area contributed by atoms with Crippen LogP contribution >= 0.6 is 11.6 Å². The number of rotatable bonds is 9. The molecule has 2 saturated heterocycles. The summed E-state index contributed by atoms with van der Waals surface area (Å²) in [6, 6.07) is 50.7. The smallest absolute Gasteiger partial charge is 0.326 e. The molecule has 6 aromatic carbocycles. The lowest BCUT2D eigenvalue weighted by molar-refractivity contribution is -0.151. The van der Waals surface area contributed by atoms with E-state index in [9.17, 15) is 29.4 Å². The van der Waals surface area contributed by atoms with Crippen LogP contribution in [0.5, 0.6) is 0 Å². The van der Waals surface area contributed by atoms with E-state index in [1.807, 2.05) is 121 Å². The third kappa shape index (κ3) is 9.07. The summed E-state index contributed by atoms with van der Waals surface area (Å²) in [7, 11) is 0. The molecule has 2 heterocycles. The maximum absolute atomic E-state index is 13.9. The topological polar surface area (TPSA) is 115 Å². The molecule has 314 valence electrons. The summed E-state index contributed by atoms with van der Waals surface area (Å²) in [4.78, 5) is 54.7. The predicted octanol–water partition coefficient (Wildman–Crippen LogP) is 10.5. The minimum Gasteiger partial charge on any atom is -0.480 e. The summed E-state index contributed by atoms with van der Waals surface area (Å²) in [6.45, 7) is 0. The van der Waals surface area contributed by atoms with Gasteiger partial charge in [-0.05, 0) is 108 Å². The molecule has 2 aliphatic heterocycles. The number of fused-ring (bicyclic) bond motifs is 1. The highest BCUT2D eigenvalue weighted by molar-refractivity contribution is 6.31. The van der Waals surface area contributed by atoms with Crippen LogP contribution in [0.4, 0.5) is 0 Å². The van der Waals surface area contributed by atoms with Crippen LogP contribution in [0.1, 0.15) is 75.9 Å². The lowest BCUT2D eigenvalue weighted by atomic mass is 9.83. The monoisotopic (exact) mass is 844 g/mol. The van der Waals surface area contributed by atoms with Crippen LogP contribution in [0.15, 0.2) is 164 Å². The van der Waals surface area contributed by atoms with Gasteiger partial charge in [0.15, 0.2) is 0 Å². The van der Waals surface area contributed by atoms with Crippen LogP contribution < -0.4 is 0 Å². The van der Waals surface area contributed by atoms with E-state index in [0.717, 1.165) is 40.7 Å². The Hall–Kier alpha value is -6.51. The molecule has 0 bridgehead atoms. The summed E-state index contributed by atoms with van der Waals surface area (Å²) in [5, 5.41) is 20.4. The molecule has 9 heteroatoms. The minimum atomic E-state index is -0.962. The Morgan fingerprint density at radius 2 is 1.16 bits per heavy atom. The van der Waals surface area contributed by atoms with E-state index in [2.05, 4.69) is 24.3 Å². The first-order valence-electron chi connectivity index (χ1n) is 21.3. The van der Waals surface area contributed by atoms with Crippen LogP contribution in [0, 0.1) is 11.8 Å². The van der Waals surface area contributed by atoms with E-state index in [-0.39, 0.29) is 35.7 Å². The molecule has 3 unspecified atom stereocenters. The highest BCUT2D eigenvalue weighted by Crippen LogP contribution is 2.44. The molecular formula is C53H49ClN2O6. The third-order valence-corrected chi connectivity index (χ3v) is 13.1. The van der Waals surface area contributed by atoms with Gasteiger partial charge in [-0.2, -0.15) is 0 Å². The summed E-state index contributed by atoms with van der Waals surface area (Å²) < 4.78 is 0. The van der Waals surface area contributed by atoms with Gasteiger partial charge in [0.05, 0.1) is 12.1 Å². The number of nitrogens with zero attached hydrogens (tertiary/aromatic N) is 2. The highest BCUT2D eigenvalue weighted by atomic mass is 35.5. The average Bonchev–Trinajstić information content (AvgIpc) is 3.93. The van der Waals surface area contributed by atoms with E-state index in [1.54, 1.807) is 28.0 Å². The molecule has 6 atom stereocenters. The van der Waals surface area contributed by atoms with Gasteiger partial charge in [0, 0.05) is 16.5 Å². The molecule has 2 N–H and O–H groups in total. The molecule has 0 spiro atoms. The second-order valence-electron chi connectivity index (χ2n) is 16.5. The van der Waals surface area contributed by atoms with Gasteiger partial charge >= 0.3 is 11.9 Å². The molecule has 0 saturated carbocycles. The summed E-state index contributed by atoms with van der Waals surface area (Å²) in [5.41, 5.74) is 8.02. The van der Waals surface area contributed by atoms with Crippen molar-refractivity contribution in [1.82, 2.24) is 9.80 Å². The Kier molecular flexibility index (Phi) is 13.0. The van der Waals surface area contributed by atoms with Crippen LogP contribution in [0.3, 0.4) is 0 Å². The van der Waals surface area contributed by atoms with Crippen molar-refractivity contribution in [3.8, 4) is 11.1 Å². The lowest BCUT2D eigenvalue weighted by Crippen LogP contribution is -2.45. The van der Waals surface area contributed by atoms with Crippen molar-refractivity contribution in [3.63, 3.8) is 0 Å².